The van der Waals surface area contributed by atoms with Crippen LogP contribution in [0.1, 0.15) is 77.1 Å². The van der Waals surface area contributed by atoms with E-state index in [2.05, 4.69) is 34.1 Å². The Labute approximate surface area is 164 Å². The Kier molecular flexibility index (Phi) is 4.79. The van der Waals surface area contributed by atoms with E-state index in [1.165, 1.54) is 0 Å². The van der Waals surface area contributed by atoms with Crippen molar-refractivity contribution in [2.75, 3.05) is 0 Å². The normalized spacial score (nSPS) is 15.1. The molecular weight excluding hydrogens is 352 g/mol. The zero-order chi connectivity index (χ0) is 19.8. The highest BCUT2D eigenvalue weighted by molar-refractivity contribution is 6.04. The number of hydrogen-bond acceptors (Lipinski definition) is 3. The lowest BCUT2D eigenvalue weighted by Gasteiger charge is -2.18. The lowest BCUT2D eigenvalue weighted by atomic mass is 9.93. The van der Waals surface area contributed by atoms with Crippen LogP contribution in [0.5, 0.6) is 0 Å². The SMILES string of the molecule is Cc1c(C(=O)NC(CC(C)C)c2nc3ccccc3[nH]2)[nH]c2c1C(=O)CCC2. The number of fused-ring (bicyclic) bond motifs is 2. The first-order chi connectivity index (χ1) is 13.4. The second kappa shape index (κ2) is 7.26. The van der Waals surface area contributed by atoms with E-state index in [1.54, 1.807) is 0 Å². The van der Waals surface area contributed by atoms with Gasteiger partial charge in [0.05, 0.1) is 17.1 Å². The Morgan fingerprint density at radius 2 is 2.00 bits per heavy atom. The number of rotatable bonds is 5. The van der Waals surface area contributed by atoms with Crippen molar-refractivity contribution < 1.29 is 9.59 Å². The molecule has 1 unspecified atom stereocenters. The molecule has 28 heavy (non-hydrogen) atoms. The Morgan fingerprint density at radius 1 is 1.21 bits per heavy atom. The molecule has 4 rings (SSSR count). The molecule has 2 heterocycles. The number of aromatic nitrogens is 3. The summed E-state index contributed by atoms with van der Waals surface area (Å²) in [4.78, 5) is 36.6. The number of ketones is 1. The zero-order valence-electron chi connectivity index (χ0n) is 16.6. The van der Waals surface area contributed by atoms with Crippen molar-refractivity contribution in [3.8, 4) is 0 Å². The van der Waals surface area contributed by atoms with Gasteiger partial charge in [-0.25, -0.2) is 4.98 Å². The van der Waals surface area contributed by atoms with Crippen molar-refractivity contribution in [3.05, 3.63) is 52.6 Å². The zero-order valence-corrected chi connectivity index (χ0v) is 16.6. The summed E-state index contributed by atoms with van der Waals surface area (Å²) in [7, 11) is 0. The molecule has 0 saturated carbocycles. The number of imidazole rings is 1. The predicted molar refractivity (Wildman–Crippen MR) is 109 cm³/mol. The van der Waals surface area contributed by atoms with Gasteiger partial charge in [-0.15, -0.1) is 0 Å². The Bertz CT molecular complexity index is 1010. The van der Waals surface area contributed by atoms with E-state index in [9.17, 15) is 9.59 Å². The molecule has 146 valence electrons. The first-order valence-electron chi connectivity index (χ1n) is 9.94. The molecule has 1 aromatic carbocycles. The quantitative estimate of drug-likeness (QED) is 0.620. The number of H-pyrrole nitrogens is 2. The van der Waals surface area contributed by atoms with Gasteiger partial charge in [0.1, 0.15) is 11.5 Å². The van der Waals surface area contributed by atoms with Gasteiger partial charge >= 0.3 is 0 Å². The van der Waals surface area contributed by atoms with E-state index in [1.807, 2.05) is 31.2 Å². The number of aromatic amines is 2. The van der Waals surface area contributed by atoms with Crippen LogP contribution in [0, 0.1) is 12.8 Å². The molecule has 6 nitrogen and oxygen atoms in total. The van der Waals surface area contributed by atoms with Crippen molar-refractivity contribution in [1.82, 2.24) is 20.3 Å². The molecular formula is C22H26N4O2. The molecule has 1 aliphatic rings. The Hall–Kier alpha value is -2.89. The van der Waals surface area contributed by atoms with Crippen LogP contribution in [0.15, 0.2) is 24.3 Å². The second-order valence-corrected chi connectivity index (χ2v) is 8.05. The van der Waals surface area contributed by atoms with E-state index in [0.717, 1.165) is 47.4 Å². The van der Waals surface area contributed by atoms with Crippen molar-refractivity contribution in [3.63, 3.8) is 0 Å². The summed E-state index contributed by atoms with van der Waals surface area (Å²) in [5, 5.41) is 3.13. The van der Waals surface area contributed by atoms with Crippen molar-refractivity contribution in [2.24, 2.45) is 5.92 Å². The predicted octanol–water partition coefficient (Wildman–Crippen LogP) is 4.24. The van der Waals surface area contributed by atoms with Crippen LogP contribution in [0.3, 0.4) is 0 Å². The molecule has 0 aliphatic heterocycles. The van der Waals surface area contributed by atoms with Crippen LogP contribution in [0.25, 0.3) is 11.0 Å². The van der Waals surface area contributed by atoms with Crippen molar-refractivity contribution >= 4 is 22.7 Å². The van der Waals surface area contributed by atoms with E-state index in [0.29, 0.717) is 23.6 Å². The summed E-state index contributed by atoms with van der Waals surface area (Å²) in [5.41, 5.74) is 4.69. The van der Waals surface area contributed by atoms with Gasteiger partial charge in [0, 0.05) is 17.7 Å². The standard InChI is InChI=1S/C22H26N4O2/c1-12(2)11-17(21-24-14-7-4-5-8-15(14)25-21)26-22(28)20-13(3)19-16(23-20)9-6-10-18(19)27/h4-5,7-8,12,17,23H,6,9-11H2,1-3H3,(H,24,25)(H,26,28). The highest BCUT2D eigenvalue weighted by atomic mass is 16.2. The molecule has 0 radical (unpaired) electrons. The molecule has 3 aromatic rings. The highest BCUT2D eigenvalue weighted by Gasteiger charge is 2.28. The van der Waals surface area contributed by atoms with Gasteiger partial charge < -0.3 is 15.3 Å². The van der Waals surface area contributed by atoms with Crippen molar-refractivity contribution in [2.45, 2.75) is 52.5 Å². The molecule has 1 amide bonds. The third-order valence-corrected chi connectivity index (χ3v) is 5.41. The van der Waals surface area contributed by atoms with Crippen LogP contribution in [-0.2, 0) is 6.42 Å². The molecule has 3 N–H and O–H groups in total. The van der Waals surface area contributed by atoms with E-state index >= 15 is 0 Å². The maximum absolute atomic E-state index is 13.1. The number of nitrogens with zero attached hydrogens (tertiary/aromatic N) is 1. The molecule has 2 aromatic heterocycles. The minimum Gasteiger partial charge on any atom is -0.354 e. The molecule has 6 heteroatoms. The van der Waals surface area contributed by atoms with Crippen LogP contribution < -0.4 is 5.32 Å². The molecule has 0 saturated heterocycles. The average molecular weight is 378 g/mol. The number of carbonyl (C=O) groups excluding carboxylic acids is 2. The van der Waals surface area contributed by atoms with Crippen LogP contribution >= 0.6 is 0 Å². The summed E-state index contributed by atoms with van der Waals surface area (Å²) in [6.07, 6.45) is 2.97. The number of para-hydroxylation sites is 2. The average Bonchev–Trinajstić information content (AvgIpc) is 3.23. The lowest BCUT2D eigenvalue weighted by Crippen LogP contribution is -2.31. The van der Waals surface area contributed by atoms with Gasteiger partial charge in [0.2, 0.25) is 0 Å². The summed E-state index contributed by atoms with van der Waals surface area (Å²) < 4.78 is 0. The van der Waals surface area contributed by atoms with E-state index < -0.39 is 0 Å². The molecule has 1 aliphatic carbocycles. The van der Waals surface area contributed by atoms with E-state index in [4.69, 9.17) is 0 Å². The maximum Gasteiger partial charge on any atom is 0.268 e. The van der Waals surface area contributed by atoms with Crippen molar-refractivity contribution in [1.29, 1.82) is 0 Å². The number of hydrogen-bond donors (Lipinski definition) is 3. The van der Waals surface area contributed by atoms with Gasteiger partial charge in [-0.3, -0.25) is 9.59 Å². The molecule has 0 spiro atoms. The first-order valence-corrected chi connectivity index (χ1v) is 9.94. The highest BCUT2D eigenvalue weighted by Crippen LogP contribution is 2.28. The van der Waals surface area contributed by atoms with Crippen LogP contribution in [-0.4, -0.2) is 26.6 Å². The Morgan fingerprint density at radius 3 is 2.71 bits per heavy atom. The topological polar surface area (TPSA) is 90.6 Å². The second-order valence-electron chi connectivity index (χ2n) is 8.05. The summed E-state index contributed by atoms with van der Waals surface area (Å²) >= 11 is 0. The number of carbonyl (C=O) groups is 2. The van der Waals surface area contributed by atoms with Gasteiger partial charge in [0.25, 0.3) is 5.91 Å². The fourth-order valence-corrected chi connectivity index (χ4v) is 4.08. The molecule has 0 fully saturated rings. The number of benzene rings is 1. The van der Waals surface area contributed by atoms with Gasteiger partial charge in [-0.05, 0) is 49.8 Å². The number of aryl methyl sites for hydroxylation is 1. The summed E-state index contributed by atoms with van der Waals surface area (Å²) in [5.74, 6) is 1.09. The largest absolute Gasteiger partial charge is 0.354 e. The minimum absolute atomic E-state index is 0.130. The summed E-state index contributed by atoms with van der Waals surface area (Å²) in [6.45, 7) is 6.10. The smallest absolute Gasteiger partial charge is 0.268 e. The maximum atomic E-state index is 13.1. The Balaban J connectivity index is 1.64. The van der Waals surface area contributed by atoms with Crippen LogP contribution in [0.2, 0.25) is 0 Å². The first kappa shape index (κ1) is 18.5. The van der Waals surface area contributed by atoms with Gasteiger partial charge in [-0.1, -0.05) is 26.0 Å². The summed E-state index contributed by atoms with van der Waals surface area (Å²) in [6, 6.07) is 7.62. The number of nitrogens with one attached hydrogen (secondary N) is 3. The van der Waals surface area contributed by atoms with Gasteiger partial charge in [-0.2, -0.15) is 0 Å². The fourth-order valence-electron chi connectivity index (χ4n) is 4.08. The van der Waals surface area contributed by atoms with Gasteiger partial charge in [0.15, 0.2) is 5.78 Å². The molecule has 1 atom stereocenters. The number of Topliss-reactive ketones (excluding diaryl/α,β-unsaturated/α-hetero) is 1. The monoisotopic (exact) mass is 378 g/mol. The van der Waals surface area contributed by atoms with E-state index in [-0.39, 0.29) is 17.7 Å². The third kappa shape index (κ3) is 3.35. The fraction of sp³-hybridized carbons (Fsp3) is 0.409. The third-order valence-electron chi connectivity index (χ3n) is 5.41. The lowest BCUT2D eigenvalue weighted by molar-refractivity contribution is 0.0924. The van der Waals surface area contributed by atoms with Crippen LogP contribution in [0.4, 0.5) is 0 Å². The minimum atomic E-state index is -0.227. The molecule has 0 bridgehead atoms. The number of amides is 1.